The zero-order chi connectivity index (χ0) is 11.1. The van der Waals surface area contributed by atoms with Gasteiger partial charge in [0.1, 0.15) is 5.69 Å². The van der Waals surface area contributed by atoms with E-state index in [0.29, 0.717) is 25.5 Å². The molecule has 0 aliphatic rings. The number of rotatable bonds is 6. The molecule has 0 aromatic carbocycles. The van der Waals surface area contributed by atoms with E-state index in [1.807, 2.05) is 0 Å². The van der Waals surface area contributed by atoms with Crippen molar-refractivity contribution in [2.45, 2.75) is 0 Å². The summed E-state index contributed by atoms with van der Waals surface area (Å²) in [5.74, 6) is -0.178. The molecule has 1 aromatic heterocycles. The molecule has 84 valence electrons. The van der Waals surface area contributed by atoms with E-state index in [1.54, 1.807) is 19.3 Å². The number of aliphatic hydroxyl groups excluding tert-OH is 1. The van der Waals surface area contributed by atoms with Gasteiger partial charge in [-0.2, -0.15) is 5.10 Å². The average molecular weight is 213 g/mol. The molecule has 0 spiro atoms. The highest BCUT2D eigenvalue weighted by Crippen LogP contribution is 1.94. The first-order valence-corrected chi connectivity index (χ1v) is 4.70. The lowest BCUT2D eigenvalue weighted by Gasteiger charge is -2.05. The molecule has 0 aliphatic heterocycles. The lowest BCUT2D eigenvalue weighted by molar-refractivity contribution is 0.0832. The van der Waals surface area contributed by atoms with Crippen LogP contribution in [-0.4, -0.2) is 47.2 Å². The third-order valence-electron chi connectivity index (χ3n) is 1.82. The fraction of sp³-hybridized carbons (Fsp3) is 0.556. The first kappa shape index (κ1) is 11.7. The normalized spacial score (nSPS) is 10.3. The van der Waals surface area contributed by atoms with Crippen molar-refractivity contribution in [1.82, 2.24) is 15.1 Å². The number of nitrogens with zero attached hydrogens (tertiary/aromatic N) is 2. The predicted molar refractivity (Wildman–Crippen MR) is 53.4 cm³/mol. The maximum Gasteiger partial charge on any atom is 0.269 e. The molecule has 6 heteroatoms. The summed E-state index contributed by atoms with van der Waals surface area (Å²) in [7, 11) is 1.71. The number of amides is 1. The smallest absolute Gasteiger partial charge is 0.269 e. The molecule has 1 heterocycles. The Balaban J connectivity index is 2.22. The van der Waals surface area contributed by atoms with Gasteiger partial charge in [-0.15, -0.1) is 0 Å². The largest absolute Gasteiger partial charge is 0.394 e. The molecule has 0 fully saturated rings. The van der Waals surface area contributed by atoms with Crippen LogP contribution in [-0.2, 0) is 11.8 Å². The highest BCUT2D eigenvalue weighted by molar-refractivity contribution is 5.92. The predicted octanol–water partition coefficient (Wildman–Crippen LogP) is -0.841. The van der Waals surface area contributed by atoms with Crippen molar-refractivity contribution >= 4 is 5.91 Å². The minimum atomic E-state index is -0.178. The number of hydrogen-bond donors (Lipinski definition) is 2. The molecule has 0 aliphatic carbocycles. The Morgan fingerprint density at radius 1 is 1.67 bits per heavy atom. The Hall–Kier alpha value is -1.40. The van der Waals surface area contributed by atoms with Crippen molar-refractivity contribution < 1.29 is 14.6 Å². The highest BCUT2D eigenvalue weighted by atomic mass is 16.5. The zero-order valence-electron chi connectivity index (χ0n) is 8.64. The lowest BCUT2D eigenvalue weighted by Crippen LogP contribution is -2.29. The Labute approximate surface area is 87.8 Å². The molecule has 1 aromatic rings. The summed E-state index contributed by atoms with van der Waals surface area (Å²) < 4.78 is 6.50. The summed E-state index contributed by atoms with van der Waals surface area (Å²) in [5, 5.41) is 15.0. The molecular weight excluding hydrogens is 198 g/mol. The topological polar surface area (TPSA) is 76.4 Å². The first-order chi connectivity index (χ1) is 7.25. The number of carbonyl (C=O) groups is 1. The summed E-state index contributed by atoms with van der Waals surface area (Å²) in [5.41, 5.74) is 0.511. The van der Waals surface area contributed by atoms with E-state index in [0.717, 1.165) is 0 Å². The monoisotopic (exact) mass is 213 g/mol. The van der Waals surface area contributed by atoms with Crippen LogP contribution < -0.4 is 5.32 Å². The van der Waals surface area contributed by atoms with Crippen LogP contribution in [0.4, 0.5) is 0 Å². The fourth-order valence-corrected chi connectivity index (χ4v) is 1.09. The van der Waals surface area contributed by atoms with Crippen LogP contribution in [0, 0.1) is 0 Å². The van der Waals surface area contributed by atoms with Gasteiger partial charge in [-0.3, -0.25) is 9.48 Å². The summed E-state index contributed by atoms with van der Waals surface area (Å²) in [4.78, 5) is 11.5. The van der Waals surface area contributed by atoms with Crippen molar-refractivity contribution in [3.63, 3.8) is 0 Å². The van der Waals surface area contributed by atoms with E-state index in [4.69, 9.17) is 9.84 Å². The maximum atomic E-state index is 11.5. The number of ether oxygens (including phenoxy) is 1. The fourth-order valence-electron chi connectivity index (χ4n) is 1.09. The summed E-state index contributed by atoms with van der Waals surface area (Å²) >= 11 is 0. The first-order valence-electron chi connectivity index (χ1n) is 4.70. The third kappa shape index (κ3) is 3.69. The SMILES string of the molecule is Cn1nccc1C(=O)NCCOCCO. The van der Waals surface area contributed by atoms with Crippen LogP contribution in [0.1, 0.15) is 10.5 Å². The summed E-state index contributed by atoms with van der Waals surface area (Å²) in [6, 6.07) is 1.64. The second-order valence-electron chi connectivity index (χ2n) is 2.93. The number of hydrogen-bond acceptors (Lipinski definition) is 4. The van der Waals surface area contributed by atoms with Crippen LogP contribution in [0.5, 0.6) is 0 Å². The van der Waals surface area contributed by atoms with Gasteiger partial charge >= 0.3 is 0 Å². The molecule has 15 heavy (non-hydrogen) atoms. The van der Waals surface area contributed by atoms with E-state index in [2.05, 4.69) is 10.4 Å². The molecular formula is C9H15N3O3. The Bertz CT molecular complexity index is 311. The van der Waals surface area contributed by atoms with Crippen LogP contribution in [0.25, 0.3) is 0 Å². The molecule has 0 atom stereocenters. The van der Waals surface area contributed by atoms with Gasteiger partial charge in [0.2, 0.25) is 0 Å². The van der Waals surface area contributed by atoms with Gasteiger partial charge in [0, 0.05) is 19.8 Å². The molecule has 0 unspecified atom stereocenters. The van der Waals surface area contributed by atoms with Gasteiger partial charge in [-0.1, -0.05) is 0 Å². The Morgan fingerprint density at radius 2 is 2.47 bits per heavy atom. The molecule has 1 rings (SSSR count). The Morgan fingerprint density at radius 3 is 3.07 bits per heavy atom. The van der Waals surface area contributed by atoms with Gasteiger partial charge in [-0.25, -0.2) is 0 Å². The number of carbonyl (C=O) groups excluding carboxylic acids is 1. The third-order valence-corrected chi connectivity index (χ3v) is 1.82. The van der Waals surface area contributed by atoms with Gasteiger partial charge in [0.15, 0.2) is 0 Å². The van der Waals surface area contributed by atoms with E-state index in [9.17, 15) is 4.79 Å². The maximum absolute atomic E-state index is 11.5. The summed E-state index contributed by atoms with van der Waals surface area (Å²) in [6.45, 7) is 1.10. The van der Waals surface area contributed by atoms with Crippen LogP contribution in [0.15, 0.2) is 12.3 Å². The van der Waals surface area contributed by atoms with Gasteiger partial charge < -0.3 is 15.2 Å². The second kappa shape index (κ2) is 6.15. The standard InChI is InChI=1S/C9H15N3O3/c1-12-8(2-3-11-12)9(14)10-4-6-15-7-5-13/h2-3,13H,4-7H2,1H3,(H,10,14). The molecule has 0 saturated carbocycles. The van der Waals surface area contributed by atoms with Gasteiger partial charge in [0.25, 0.3) is 5.91 Å². The van der Waals surface area contributed by atoms with E-state index < -0.39 is 0 Å². The number of aliphatic hydroxyl groups is 1. The van der Waals surface area contributed by atoms with Crippen molar-refractivity contribution in [3.8, 4) is 0 Å². The lowest BCUT2D eigenvalue weighted by atomic mass is 10.4. The van der Waals surface area contributed by atoms with E-state index in [1.165, 1.54) is 4.68 Å². The van der Waals surface area contributed by atoms with Crippen molar-refractivity contribution in [1.29, 1.82) is 0 Å². The Kier molecular flexibility index (Phi) is 4.79. The molecule has 6 nitrogen and oxygen atoms in total. The quantitative estimate of drug-likeness (QED) is 0.604. The number of nitrogens with one attached hydrogen (secondary N) is 1. The van der Waals surface area contributed by atoms with Crippen molar-refractivity contribution in [3.05, 3.63) is 18.0 Å². The number of aryl methyl sites for hydroxylation is 1. The van der Waals surface area contributed by atoms with Crippen LogP contribution in [0.3, 0.4) is 0 Å². The minimum Gasteiger partial charge on any atom is -0.394 e. The van der Waals surface area contributed by atoms with Gasteiger partial charge in [-0.05, 0) is 6.07 Å². The number of aromatic nitrogens is 2. The second-order valence-corrected chi connectivity index (χ2v) is 2.93. The van der Waals surface area contributed by atoms with Crippen molar-refractivity contribution in [2.24, 2.45) is 7.05 Å². The van der Waals surface area contributed by atoms with Crippen LogP contribution >= 0.6 is 0 Å². The van der Waals surface area contributed by atoms with Crippen molar-refractivity contribution in [2.75, 3.05) is 26.4 Å². The molecule has 2 N–H and O–H groups in total. The molecule has 0 bridgehead atoms. The van der Waals surface area contributed by atoms with Gasteiger partial charge in [0.05, 0.1) is 19.8 Å². The minimum absolute atomic E-state index is 0.00429. The molecule has 1 amide bonds. The zero-order valence-corrected chi connectivity index (χ0v) is 8.64. The molecule has 0 radical (unpaired) electrons. The van der Waals surface area contributed by atoms with E-state index >= 15 is 0 Å². The molecule has 0 saturated heterocycles. The highest BCUT2D eigenvalue weighted by Gasteiger charge is 2.07. The van der Waals surface area contributed by atoms with Crippen LogP contribution in [0.2, 0.25) is 0 Å². The average Bonchev–Trinajstić information content (AvgIpc) is 2.64. The summed E-state index contributed by atoms with van der Waals surface area (Å²) in [6.07, 6.45) is 1.57. The van der Waals surface area contributed by atoms with E-state index in [-0.39, 0.29) is 12.5 Å².